The van der Waals surface area contributed by atoms with Gasteiger partial charge in [0.2, 0.25) is 0 Å². The van der Waals surface area contributed by atoms with E-state index in [-0.39, 0.29) is 0 Å². The Bertz CT molecular complexity index is 1220. The Morgan fingerprint density at radius 2 is 1.71 bits per heavy atom. The predicted molar refractivity (Wildman–Crippen MR) is 126 cm³/mol. The Morgan fingerprint density at radius 1 is 0.903 bits per heavy atom. The van der Waals surface area contributed by atoms with E-state index >= 15 is 0 Å². The van der Waals surface area contributed by atoms with Crippen molar-refractivity contribution in [1.82, 2.24) is 4.57 Å². The molecule has 1 aliphatic heterocycles. The Hall–Kier alpha value is -3.53. The summed E-state index contributed by atoms with van der Waals surface area (Å²) in [5.41, 5.74) is 7.17. The number of aromatic nitrogens is 2. The van der Waals surface area contributed by atoms with Gasteiger partial charge in [-0.15, -0.1) is 0 Å². The van der Waals surface area contributed by atoms with Crippen molar-refractivity contribution in [2.45, 2.75) is 26.3 Å². The Kier molecular flexibility index (Phi) is 5.21. The quantitative estimate of drug-likeness (QED) is 0.443. The molecule has 0 saturated carbocycles. The molecule has 0 radical (unpaired) electrons. The van der Waals surface area contributed by atoms with E-state index in [0.717, 1.165) is 48.9 Å². The summed E-state index contributed by atoms with van der Waals surface area (Å²) in [5, 5.41) is 3.67. The average Bonchev–Trinajstić information content (AvgIpc) is 2.99. The SMILES string of the molecule is COc1ccccc1-c1cn(-c2cccc(-c3cccc(C)c3)c2)c2[n+]1CCCCN2. The van der Waals surface area contributed by atoms with Gasteiger partial charge in [-0.1, -0.05) is 54.1 Å². The lowest BCUT2D eigenvalue weighted by molar-refractivity contribution is -0.670. The third-order valence-electron chi connectivity index (χ3n) is 5.98. The first-order chi connectivity index (χ1) is 15.2. The summed E-state index contributed by atoms with van der Waals surface area (Å²) >= 11 is 0. The molecule has 0 amide bonds. The standard InChI is InChI=1S/C27H27N3O/c1-20-9-7-10-21(17-20)22-11-8-12-23(18-22)30-19-25(24-13-3-4-14-26(24)31-2)29-16-6-5-15-28-27(29)30/h3-4,7-14,17-19H,5-6,15-16H2,1-2H3/p+1. The monoisotopic (exact) mass is 410 g/mol. The maximum atomic E-state index is 5.68. The molecule has 4 aromatic rings. The van der Waals surface area contributed by atoms with Crippen molar-refractivity contribution in [2.75, 3.05) is 19.0 Å². The number of benzene rings is 3. The molecule has 0 atom stereocenters. The Morgan fingerprint density at radius 3 is 2.55 bits per heavy atom. The molecule has 0 spiro atoms. The van der Waals surface area contributed by atoms with Crippen LogP contribution in [0.25, 0.3) is 28.1 Å². The van der Waals surface area contributed by atoms with E-state index in [0.29, 0.717) is 0 Å². The zero-order valence-electron chi connectivity index (χ0n) is 18.1. The van der Waals surface area contributed by atoms with Crippen LogP contribution in [0.5, 0.6) is 5.75 Å². The maximum absolute atomic E-state index is 5.68. The molecule has 4 heteroatoms. The van der Waals surface area contributed by atoms with Crippen LogP contribution in [0.1, 0.15) is 18.4 Å². The number of hydrogen-bond acceptors (Lipinski definition) is 2. The van der Waals surface area contributed by atoms with Crippen LogP contribution in [-0.4, -0.2) is 18.2 Å². The lowest BCUT2D eigenvalue weighted by Crippen LogP contribution is -2.36. The summed E-state index contributed by atoms with van der Waals surface area (Å²) in [6, 6.07) is 25.7. The number of nitrogens with one attached hydrogen (secondary N) is 1. The molecule has 0 saturated heterocycles. The fraction of sp³-hybridized carbons (Fsp3) is 0.222. The topological polar surface area (TPSA) is 30.1 Å². The summed E-state index contributed by atoms with van der Waals surface area (Å²) in [6.45, 7) is 4.10. The van der Waals surface area contributed by atoms with Crippen molar-refractivity contribution in [2.24, 2.45) is 0 Å². The zero-order chi connectivity index (χ0) is 21.2. The van der Waals surface area contributed by atoms with Crippen LogP contribution in [-0.2, 0) is 6.54 Å². The van der Waals surface area contributed by atoms with E-state index < -0.39 is 0 Å². The Balaban J connectivity index is 1.67. The molecular formula is C27H28N3O+. The van der Waals surface area contributed by atoms with E-state index in [1.807, 2.05) is 12.1 Å². The van der Waals surface area contributed by atoms with Gasteiger partial charge in [0, 0.05) is 0 Å². The highest BCUT2D eigenvalue weighted by Gasteiger charge is 2.27. The fourth-order valence-corrected chi connectivity index (χ4v) is 4.43. The maximum Gasteiger partial charge on any atom is 0.362 e. The van der Waals surface area contributed by atoms with Crippen molar-refractivity contribution in [3.8, 4) is 33.8 Å². The molecule has 1 aliphatic rings. The highest BCUT2D eigenvalue weighted by Crippen LogP contribution is 2.32. The van der Waals surface area contributed by atoms with Crippen molar-refractivity contribution in [3.05, 3.63) is 84.6 Å². The molecule has 1 N–H and O–H groups in total. The number of ether oxygens (including phenoxy) is 1. The van der Waals surface area contributed by atoms with Crippen molar-refractivity contribution < 1.29 is 9.30 Å². The van der Waals surface area contributed by atoms with E-state index in [1.54, 1.807) is 7.11 Å². The Labute approximate surface area is 183 Å². The molecule has 2 heterocycles. The van der Waals surface area contributed by atoms with Crippen LogP contribution in [0.4, 0.5) is 5.95 Å². The first kappa shape index (κ1) is 19.4. The highest BCUT2D eigenvalue weighted by molar-refractivity contribution is 5.69. The summed E-state index contributed by atoms with van der Waals surface area (Å²) in [4.78, 5) is 0. The van der Waals surface area contributed by atoms with Gasteiger partial charge in [0.15, 0.2) is 0 Å². The molecular weight excluding hydrogens is 382 g/mol. The molecule has 156 valence electrons. The number of nitrogens with zero attached hydrogens (tertiary/aromatic N) is 2. The molecule has 0 fully saturated rings. The van der Waals surface area contributed by atoms with Crippen LogP contribution in [0.2, 0.25) is 0 Å². The second-order valence-electron chi connectivity index (χ2n) is 8.11. The number of anilines is 1. The van der Waals surface area contributed by atoms with Gasteiger partial charge in [0.1, 0.15) is 23.3 Å². The van der Waals surface area contributed by atoms with Gasteiger partial charge in [-0.3, -0.25) is 5.32 Å². The van der Waals surface area contributed by atoms with Gasteiger partial charge in [-0.2, -0.15) is 0 Å². The van der Waals surface area contributed by atoms with Gasteiger partial charge in [-0.05, 0) is 55.2 Å². The first-order valence-electron chi connectivity index (χ1n) is 10.9. The van der Waals surface area contributed by atoms with E-state index in [2.05, 4.69) is 88.2 Å². The minimum Gasteiger partial charge on any atom is -0.496 e. The molecule has 0 bridgehead atoms. The first-order valence-corrected chi connectivity index (χ1v) is 10.9. The molecule has 1 aromatic heterocycles. The molecule has 31 heavy (non-hydrogen) atoms. The second kappa shape index (κ2) is 8.31. The summed E-state index contributed by atoms with van der Waals surface area (Å²) in [7, 11) is 1.74. The predicted octanol–water partition coefficient (Wildman–Crippen LogP) is 5.62. The van der Waals surface area contributed by atoms with Crippen LogP contribution >= 0.6 is 0 Å². The van der Waals surface area contributed by atoms with Crippen LogP contribution in [0, 0.1) is 6.92 Å². The third-order valence-corrected chi connectivity index (χ3v) is 5.98. The average molecular weight is 411 g/mol. The number of fused-ring (bicyclic) bond motifs is 1. The number of imidazole rings is 1. The zero-order valence-corrected chi connectivity index (χ0v) is 18.1. The smallest absolute Gasteiger partial charge is 0.362 e. The number of methoxy groups -OCH3 is 1. The van der Waals surface area contributed by atoms with Crippen LogP contribution in [0.3, 0.4) is 0 Å². The molecule has 4 nitrogen and oxygen atoms in total. The van der Waals surface area contributed by atoms with Crippen LogP contribution in [0.15, 0.2) is 79.0 Å². The van der Waals surface area contributed by atoms with Crippen molar-refractivity contribution >= 4 is 5.95 Å². The van der Waals surface area contributed by atoms with Crippen molar-refractivity contribution in [3.63, 3.8) is 0 Å². The van der Waals surface area contributed by atoms with E-state index in [9.17, 15) is 0 Å². The minimum atomic E-state index is 0.896. The van der Waals surface area contributed by atoms with Gasteiger partial charge < -0.3 is 4.74 Å². The van der Waals surface area contributed by atoms with Crippen molar-refractivity contribution in [1.29, 1.82) is 0 Å². The fourth-order valence-electron chi connectivity index (χ4n) is 4.43. The number of aryl methyl sites for hydroxylation is 1. The van der Waals surface area contributed by atoms with Gasteiger partial charge in [-0.25, -0.2) is 9.13 Å². The minimum absolute atomic E-state index is 0.896. The summed E-state index contributed by atoms with van der Waals surface area (Å²) in [5.74, 6) is 2.02. The van der Waals surface area contributed by atoms with Gasteiger partial charge >= 0.3 is 5.95 Å². The van der Waals surface area contributed by atoms with Crippen LogP contribution < -0.4 is 14.6 Å². The molecule has 3 aromatic carbocycles. The largest absolute Gasteiger partial charge is 0.496 e. The summed E-state index contributed by atoms with van der Waals surface area (Å²) < 4.78 is 10.4. The van der Waals surface area contributed by atoms with E-state index in [4.69, 9.17) is 4.74 Å². The molecule has 5 rings (SSSR count). The number of rotatable bonds is 4. The number of para-hydroxylation sites is 1. The third kappa shape index (κ3) is 3.70. The summed E-state index contributed by atoms with van der Waals surface area (Å²) in [6.07, 6.45) is 4.55. The highest BCUT2D eigenvalue weighted by atomic mass is 16.5. The van der Waals surface area contributed by atoms with Gasteiger partial charge in [0.05, 0.1) is 25.8 Å². The molecule has 0 unspecified atom stereocenters. The number of hydrogen-bond donors (Lipinski definition) is 1. The van der Waals surface area contributed by atoms with E-state index in [1.165, 1.54) is 22.4 Å². The lowest BCUT2D eigenvalue weighted by atomic mass is 10.0. The normalized spacial score (nSPS) is 13.2. The second-order valence-corrected chi connectivity index (χ2v) is 8.11. The van der Waals surface area contributed by atoms with Gasteiger partial charge in [0.25, 0.3) is 0 Å². The molecule has 0 aliphatic carbocycles. The lowest BCUT2D eigenvalue weighted by Gasteiger charge is -2.08.